The van der Waals surface area contributed by atoms with Crippen LogP contribution in [-0.4, -0.2) is 41.6 Å². The zero-order valence-corrected chi connectivity index (χ0v) is 12.9. The number of nitrogens with one attached hydrogen (secondary N) is 2. The van der Waals surface area contributed by atoms with Crippen molar-refractivity contribution in [3.05, 3.63) is 29.8 Å². The lowest BCUT2D eigenvalue weighted by molar-refractivity contribution is -0.151. The fourth-order valence-electron chi connectivity index (χ4n) is 2.43. The number of carboxylic acids is 1. The number of hydrogen-bond donors (Lipinski definition) is 3. The van der Waals surface area contributed by atoms with Crippen molar-refractivity contribution in [2.24, 2.45) is 0 Å². The highest BCUT2D eigenvalue weighted by atomic mass is 16.5. The molecule has 0 bridgehead atoms. The van der Waals surface area contributed by atoms with Gasteiger partial charge in [-0.05, 0) is 38.3 Å². The highest BCUT2D eigenvalue weighted by molar-refractivity contribution is 5.99. The second-order valence-electron chi connectivity index (χ2n) is 5.40. The Labute approximate surface area is 134 Å². The van der Waals surface area contributed by atoms with Gasteiger partial charge in [-0.15, -0.1) is 0 Å². The molecule has 0 unspecified atom stereocenters. The number of ether oxygens (including phenoxy) is 1. The van der Waals surface area contributed by atoms with Gasteiger partial charge in [-0.2, -0.15) is 0 Å². The van der Waals surface area contributed by atoms with Crippen LogP contribution in [0.1, 0.15) is 36.5 Å². The van der Waals surface area contributed by atoms with Gasteiger partial charge in [-0.25, -0.2) is 4.79 Å². The number of benzene rings is 1. The Morgan fingerprint density at radius 2 is 1.96 bits per heavy atom. The van der Waals surface area contributed by atoms with Gasteiger partial charge in [0.25, 0.3) is 5.91 Å². The molecule has 2 amide bonds. The number of carbonyl (C=O) groups is 3. The number of carbonyl (C=O) groups excluding carboxylic acids is 2. The van der Waals surface area contributed by atoms with Crippen LogP contribution < -0.4 is 15.4 Å². The number of hydrogen-bond acceptors (Lipinski definition) is 4. The molecule has 2 rings (SSSR count). The molecule has 7 nitrogen and oxygen atoms in total. The van der Waals surface area contributed by atoms with Crippen molar-refractivity contribution in [1.29, 1.82) is 0 Å². The molecule has 1 aromatic rings. The van der Waals surface area contributed by atoms with Crippen LogP contribution in [-0.2, 0) is 9.59 Å². The standard InChI is InChI=1S/C16H20N2O5/c1-2-23-12-7-4-3-6-11(12)14(20)17-10-13(19)18-16(15(21)22)8-5-9-16/h3-4,6-7H,2,5,8-10H2,1H3,(H,17,20)(H,18,19)(H,21,22). The average Bonchev–Trinajstić information content (AvgIpc) is 2.49. The van der Waals surface area contributed by atoms with Crippen molar-refractivity contribution in [2.75, 3.05) is 13.2 Å². The smallest absolute Gasteiger partial charge is 0.329 e. The predicted octanol–water partition coefficient (Wildman–Crippen LogP) is 0.939. The van der Waals surface area contributed by atoms with E-state index in [-0.39, 0.29) is 6.54 Å². The van der Waals surface area contributed by atoms with Crippen LogP contribution in [0.15, 0.2) is 24.3 Å². The molecule has 3 N–H and O–H groups in total. The Morgan fingerprint density at radius 1 is 1.26 bits per heavy atom. The molecule has 0 aliphatic heterocycles. The Kier molecular flexibility index (Phi) is 5.20. The lowest BCUT2D eigenvalue weighted by Crippen LogP contribution is -2.60. The molecule has 0 heterocycles. The first kappa shape index (κ1) is 16.8. The van der Waals surface area contributed by atoms with E-state index in [2.05, 4.69) is 10.6 Å². The van der Waals surface area contributed by atoms with Crippen molar-refractivity contribution < 1.29 is 24.2 Å². The van der Waals surface area contributed by atoms with E-state index in [1.807, 2.05) is 6.92 Å². The summed E-state index contributed by atoms with van der Waals surface area (Å²) in [5.74, 6) is -1.56. The van der Waals surface area contributed by atoms with Gasteiger partial charge in [0.1, 0.15) is 11.3 Å². The van der Waals surface area contributed by atoms with Gasteiger partial charge in [-0.3, -0.25) is 9.59 Å². The third-order valence-electron chi connectivity index (χ3n) is 3.84. The molecule has 0 aromatic heterocycles. The molecule has 0 saturated heterocycles. The topological polar surface area (TPSA) is 105 Å². The second kappa shape index (κ2) is 7.13. The minimum atomic E-state index is -1.18. The first-order valence-corrected chi connectivity index (χ1v) is 7.53. The van der Waals surface area contributed by atoms with Gasteiger partial charge in [-0.1, -0.05) is 12.1 Å². The molecule has 23 heavy (non-hydrogen) atoms. The maximum Gasteiger partial charge on any atom is 0.329 e. The summed E-state index contributed by atoms with van der Waals surface area (Å²) in [5, 5.41) is 14.1. The highest BCUT2D eigenvalue weighted by Gasteiger charge is 2.45. The second-order valence-corrected chi connectivity index (χ2v) is 5.40. The third-order valence-corrected chi connectivity index (χ3v) is 3.84. The molecular formula is C16H20N2O5. The molecule has 1 aliphatic carbocycles. The van der Waals surface area contributed by atoms with Crippen molar-refractivity contribution in [3.8, 4) is 5.75 Å². The van der Waals surface area contributed by atoms with Gasteiger partial charge in [0.15, 0.2) is 0 Å². The molecule has 0 atom stereocenters. The predicted molar refractivity (Wildman–Crippen MR) is 82.3 cm³/mol. The van der Waals surface area contributed by atoms with Crippen molar-refractivity contribution in [2.45, 2.75) is 31.7 Å². The normalized spacial score (nSPS) is 15.2. The monoisotopic (exact) mass is 320 g/mol. The SMILES string of the molecule is CCOc1ccccc1C(=O)NCC(=O)NC1(C(=O)O)CCC1. The Bertz CT molecular complexity index is 610. The van der Waals surface area contributed by atoms with Crippen LogP contribution in [0.4, 0.5) is 0 Å². The zero-order valence-electron chi connectivity index (χ0n) is 12.9. The maximum atomic E-state index is 12.1. The number of aliphatic carboxylic acids is 1. The van der Waals surface area contributed by atoms with Crippen molar-refractivity contribution in [3.63, 3.8) is 0 Å². The molecule has 1 aliphatic rings. The molecule has 124 valence electrons. The Balaban J connectivity index is 1.92. The summed E-state index contributed by atoms with van der Waals surface area (Å²) in [5.41, 5.74) is -0.843. The molecule has 7 heteroatoms. The van der Waals surface area contributed by atoms with Crippen LogP contribution in [0.3, 0.4) is 0 Å². The van der Waals surface area contributed by atoms with Crippen LogP contribution in [0, 0.1) is 0 Å². The van der Waals surface area contributed by atoms with E-state index in [1.165, 1.54) is 0 Å². The van der Waals surface area contributed by atoms with Gasteiger partial charge in [0.05, 0.1) is 18.7 Å². The Hall–Kier alpha value is -2.57. The molecule has 0 radical (unpaired) electrons. The summed E-state index contributed by atoms with van der Waals surface area (Å²) in [6.07, 6.45) is 1.59. The van der Waals surface area contributed by atoms with Crippen molar-refractivity contribution >= 4 is 17.8 Å². The molecular weight excluding hydrogens is 300 g/mol. The number of para-hydroxylation sites is 1. The molecule has 1 aromatic carbocycles. The lowest BCUT2D eigenvalue weighted by atomic mass is 9.77. The van der Waals surface area contributed by atoms with Gasteiger partial charge in [0, 0.05) is 0 Å². The molecule has 0 spiro atoms. The highest BCUT2D eigenvalue weighted by Crippen LogP contribution is 2.31. The van der Waals surface area contributed by atoms with E-state index >= 15 is 0 Å². The summed E-state index contributed by atoms with van der Waals surface area (Å²) in [7, 11) is 0. The zero-order chi connectivity index (χ0) is 16.9. The van der Waals surface area contributed by atoms with Crippen LogP contribution in [0.2, 0.25) is 0 Å². The fraction of sp³-hybridized carbons (Fsp3) is 0.438. The van der Waals surface area contributed by atoms with Crippen LogP contribution in [0.25, 0.3) is 0 Å². The van der Waals surface area contributed by atoms with Gasteiger partial charge in [0.2, 0.25) is 5.91 Å². The minimum Gasteiger partial charge on any atom is -0.493 e. The van der Waals surface area contributed by atoms with E-state index in [0.29, 0.717) is 30.8 Å². The summed E-state index contributed by atoms with van der Waals surface area (Å²) in [6.45, 7) is 1.95. The van der Waals surface area contributed by atoms with Crippen molar-refractivity contribution in [1.82, 2.24) is 10.6 Å². The van der Waals surface area contributed by atoms with Gasteiger partial charge >= 0.3 is 5.97 Å². The summed E-state index contributed by atoms with van der Waals surface area (Å²) in [4.78, 5) is 35.2. The first-order chi connectivity index (χ1) is 11.0. The largest absolute Gasteiger partial charge is 0.493 e. The molecule has 1 fully saturated rings. The number of carboxylic acid groups (broad SMARTS) is 1. The van der Waals surface area contributed by atoms with E-state index in [9.17, 15) is 14.4 Å². The average molecular weight is 320 g/mol. The lowest BCUT2D eigenvalue weighted by Gasteiger charge is -2.38. The minimum absolute atomic E-state index is 0.283. The molecule has 1 saturated carbocycles. The number of rotatable bonds is 7. The summed E-state index contributed by atoms with van der Waals surface area (Å²) < 4.78 is 5.36. The first-order valence-electron chi connectivity index (χ1n) is 7.53. The third kappa shape index (κ3) is 3.80. The van der Waals surface area contributed by atoms with Crippen LogP contribution >= 0.6 is 0 Å². The van der Waals surface area contributed by atoms with E-state index < -0.39 is 23.3 Å². The van der Waals surface area contributed by atoms with E-state index in [1.54, 1.807) is 24.3 Å². The Morgan fingerprint density at radius 3 is 2.52 bits per heavy atom. The summed E-state index contributed by atoms with van der Waals surface area (Å²) >= 11 is 0. The van der Waals surface area contributed by atoms with Crippen LogP contribution in [0.5, 0.6) is 5.75 Å². The maximum absolute atomic E-state index is 12.1. The number of amides is 2. The quantitative estimate of drug-likeness (QED) is 0.693. The summed E-state index contributed by atoms with van der Waals surface area (Å²) in [6, 6.07) is 6.72. The van der Waals surface area contributed by atoms with E-state index in [0.717, 1.165) is 6.42 Å². The fourth-order valence-corrected chi connectivity index (χ4v) is 2.43. The van der Waals surface area contributed by atoms with E-state index in [4.69, 9.17) is 9.84 Å². The van der Waals surface area contributed by atoms with Gasteiger partial charge < -0.3 is 20.5 Å².